The van der Waals surface area contributed by atoms with Crippen molar-refractivity contribution in [3.63, 3.8) is 0 Å². The van der Waals surface area contributed by atoms with Gasteiger partial charge in [-0.05, 0) is 30.3 Å². The van der Waals surface area contributed by atoms with Gasteiger partial charge in [-0.1, -0.05) is 23.7 Å². The number of nitro benzene ring substituents is 1. The van der Waals surface area contributed by atoms with Crippen LogP contribution in [0.3, 0.4) is 0 Å². The minimum atomic E-state index is -0.981. The van der Waals surface area contributed by atoms with Crippen molar-refractivity contribution >= 4 is 46.9 Å². The van der Waals surface area contributed by atoms with Gasteiger partial charge in [-0.15, -0.1) is 0 Å². The van der Waals surface area contributed by atoms with Gasteiger partial charge in [0.05, 0.1) is 17.4 Å². The molecule has 0 spiro atoms. The lowest BCUT2D eigenvalue weighted by molar-refractivity contribution is -0.385. The smallest absolute Gasteiger partial charge is 0.311 e. The van der Waals surface area contributed by atoms with E-state index in [1.54, 1.807) is 0 Å². The molecule has 182 valence electrons. The molecule has 1 atom stereocenters. The first-order chi connectivity index (χ1) is 16.7. The Bertz CT molecular complexity index is 1190. The Balaban J connectivity index is 1.46. The Kier molecular flexibility index (Phi) is 7.94. The van der Waals surface area contributed by atoms with Crippen LogP contribution < -0.4 is 16.3 Å². The molecule has 1 aliphatic rings. The van der Waals surface area contributed by atoms with Crippen LogP contribution in [-0.2, 0) is 19.1 Å². The number of benzene rings is 2. The molecule has 3 rings (SSSR count). The molecular formula is C21H18ClN5O8. The number of carbonyl (C=O) groups excluding carboxylic acids is 5. The van der Waals surface area contributed by atoms with Crippen molar-refractivity contribution in [1.29, 1.82) is 0 Å². The van der Waals surface area contributed by atoms with Crippen molar-refractivity contribution in [2.24, 2.45) is 5.92 Å². The molecule has 35 heavy (non-hydrogen) atoms. The number of esters is 1. The van der Waals surface area contributed by atoms with Crippen molar-refractivity contribution in [2.45, 2.75) is 6.42 Å². The fourth-order valence-corrected chi connectivity index (χ4v) is 3.20. The maximum atomic E-state index is 12.4. The largest absolute Gasteiger partial charge is 0.455 e. The van der Waals surface area contributed by atoms with Gasteiger partial charge in [-0.25, -0.2) is 0 Å². The molecule has 2 aromatic rings. The summed E-state index contributed by atoms with van der Waals surface area (Å²) in [6.45, 7) is -0.980. The Morgan fingerprint density at radius 1 is 1.06 bits per heavy atom. The van der Waals surface area contributed by atoms with E-state index in [0.29, 0.717) is 5.02 Å². The summed E-state index contributed by atoms with van der Waals surface area (Å²) in [4.78, 5) is 71.0. The number of hydrogen-bond acceptors (Lipinski definition) is 8. The number of nitrogens with zero attached hydrogens (tertiary/aromatic N) is 2. The van der Waals surface area contributed by atoms with Gasteiger partial charge in [0.25, 0.3) is 23.4 Å². The Morgan fingerprint density at radius 3 is 2.43 bits per heavy atom. The fourth-order valence-electron chi connectivity index (χ4n) is 3.07. The molecule has 1 aliphatic heterocycles. The molecular weight excluding hydrogens is 486 g/mol. The average Bonchev–Trinajstić information content (AvgIpc) is 3.21. The molecule has 0 saturated carbocycles. The van der Waals surface area contributed by atoms with E-state index >= 15 is 0 Å². The first kappa shape index (κ1) is 25.1. The van der Waals surface area contributed by atoms with Gasteiger partial charge >= 0.3 is 5.97 Å². The normalized spacial score (nSPS) is 14.7. The van der Waals surface area contributed by atoms with Crippen LogP contribution in [0.2, 0.25) is 5.02 Å². The number of rotatable bonds is 7. The van der Waals surface area contributed by atoms with Crippen LogP contribution in [0.25, 0.3) is 0 Å². The molecule has 3 N–H and O–H groups in total. The maximum Gasteiger partial charge on any atom is 0.311 e. The van der Waals surface area contributed by atoms with Crippen LogP contribution in [0.15, 0.2) is 48.5 Å². The molecule has 1 heterocycles. The Labute approximate surface area is 202 Å². The molecule has 1 fully saturated rings. The number of carbonyl (C=O) groups is 5. The Hall–Kier alpha value is -4.52. The van der Waals surface area contributed by atoms with Crippen LogP contribution in [0.4, 0.5) is 5.69 Å². The first-order valence-corrected chi connectivity index (χ1v) is 10.4. The molecule has 13 nitrogen and oxygen atoms in total. The highest BCUT2D eigenvalue weighted by Gasteiger charge is 2.37. The van der Waals surface area contributed by atoms with Crippen molar-refractivity contribution < 1.29 is 33.6 Å². The highest BCUT2D eigenvalue weighted by molar-refractivity contribution is 6.30. The second-order valence-electron chi connectivity index (χ2n) is 7.24. The topological polar surface area (TPSA) is 177 Å². The molecule has 0 aliphatic carbocycles. The SMILES string of the molecule is O=C(COC(=O)[C@@H]1CC(=O)N(NC(=O)c2ccccc2[N+](=O)[O-])C1)NNC(=O)c1ccc(Cl)cc1. The minimum absolute atomic E-state index is 0.235. The summed E-state index contributed by atoms with van der Waals surface area (Å²) in [5.41, 5.74) is 6.00. The average molecular weight is 504 g/mol. The van der Waals surface area contributed by atoms with Crippen molar-refractivity contribution in [1.82, 2.24) is 21.3 Å². The summed E-state index contributed by atoms with van der Waals surface area (Å²) in [7, 11) is 0. The molecule has 0 bridgehead atoms. The number of nitro groups is 1. The first-order valence-electron chi connectivity index (χ1n) is 10.0. The lowest BCUT2D eigenvalue weighted by Gasteiger charge is -2.17. The van der Waals surface area contributed by atoms with E-state index in [-0.39, 0.29) is 24.1 Å². The van der Waals surface area contributed by atoms with Crippen molar-refractivity contribution in [2.75, 3.05) is 13.2 Å². The third-order valence-corrected chi connectivity index (χ3v) is 5.06. The highest BCUT2D eigenvalue weighted by Crippen LogP contribution is 2.20. The van der Waals surface area contributed by atoms with Gasteiger partial charge in [0.2, 0.25) is 5.91 Å². The maximum absolute atomic E-state index is 12.4. The van der Waals surface area contributed by atoms with Crippen LogP contribution in [0, 0.1) is 16.0 Å². The third-order valence-electron chi connectivity index (χ3n) is 4.81. The summed E-state index contributed by atoms with van der Waals surface area (Å²) in [5, 5.41) is 12.4. The lowest BCUT2D eigenvalue weighted by atomic mass is 10.1. The van der Waals surface area contributed by atoms with Gasteiger partial charge in [0.15, 0.2) is 6.61 Å². The predicted molar refractivity (Wildman–Crippen MR) is 118 cm³/mol. The molecule has 2 aromatic carbocycles. The predicted octanol–water partition coefficient (Wildman–Crippen LogP) is 0.746. The van der Waals surface area contributed by atoms with E-state index < -0.39 is 52.7 Å². The second-order valence-corrected chi connectivity index (χ2v) is 7.67. The number of hydrazine groups is 2. The fraction of sp³-hybridized carbons (Fsp3) is 0.190. The molecule has 4 amide bonds. The van der Waals surface area contributed by atoms with E-state index in [2.05, 4.69) is 16.3 Å². The van der Waals surface area contributed by atoms with Crippen LogP contribution >= 0.6 is 11.6 Å². The monoisotopic (exact) mass is 503 g/mol. The summed E-state index contributed by atoms with van der Waals surface area (Å²) in [6, 6.07) is 11.1. The van der Waals surface area contributed by atoms with Gasteiger partial charge < -0.3 is 4.74 Å². The summed E-state index contributed by atoms with van der Waals surface area (Å²) < 4.78 is 4.88. The van der Waals surface area contributed by atoms with Gasteiger partial charge in [-0.2, -0.15) is 0 Å². The second kappa shape index (κ2) is 11.1. The Morgan fingerprint density at radius 2 is 1.74 bits per heavy atom. The van der Waals surface area contributed by atoms with E-state index in [9.17, 15) is 34.1 Å². The van der Waals surface area contributed by atoms with E-state index in [1.165, 1.54) is 42.5 Å². The number of hydrogen-bond donors (Lipinski definition) is 3. The molecule has 0 aromatic heterocycles. The zero-order valence-electron chi connectivity index (χ0n) is 17.9. The number of para-hydroxylation sites is 1. The van der Waals surface area contributed by atoms with Crippen LogP contribution in [0.1, 0.15) is 27.1 Å². The quantitative estimate of drug-likeness (QED) is 0.281. The summed E-state index contributed by atoms with van der Waals surface area (Å²) in [5.74, 6) is -4.81. The lowest BCUT2D eigenvalue weighted by Crippen LogP contribution is -2.44. The van der Waals surface area contributed by atoms with E-state index in [4.69, 9.17) is 16.3 Å². The number of halogens is 1. The molecule has 0 unspecified atom stereocenters. The van der Waals surface area contributed by atoms with Gasteiger partial charge in [-0.3, -0.25) is 55.4 Å². The highest BCUT2D eigenvalue weighted by atomic mass is 35.5. The number of ether oxygens (including phenoxy) is 1. The number of amides is 4. The third kappa shape index (κ3) is 6.51. The van der Waals surface area contributed by atoms with E-state index in [1.807, 2.05) is 0 Å². The molecule has 1 saturated heterocycles. The summed E-state index contributed by atoms with van der Waals surface area (Å²) >= 11 is 5.74. The van der Waals surface area contributed by atoms with Crippen molar-refractivity contribution in [3.05, 3.63) is 74.8 Å². The van der Waals surface area contributed by atoms with Gasteiger partial charge in [0, 0.05) is 23.1 Å². The van der Waals surface area contributed by atoms with Crippen LogP contribution in [0.5, 0.6) is 0 Å². The zero-order valence-corrected chi connectivity index (χ0v) is 18.6. The standard InChI is InChI=1S/C21H18ClN5O8/c22-14-7-5-12(6-8-14)19(30)24-23-17(28)11-35-21(32)13-9-18(29)26(10-13)25-20(31)15-3-1-2-4-16(15)27(33)34/h1-8,13H,9-11H2,(H,23,28)(H,24,30)(H,25,31)/t13-/m1/s1. The van der Waals surface area contributed by atoms with Crippen molar-refractivity contribution in [3.8, 4) is 0 Å². The van der Waals surface area contributed by atoms with E-state index in [0.717, 1.165) is 11.1 Å². The van der Waals surface area contributed by atoms with Crippen LogP contribution in [-0.4, -0.2) is 52.7 Å². The zero-order chi connectivity index (χ0) is 25.5. The van der Waals surface area contributed by atoms with Gasteiger partial charge in [0.1, 0.15) is 5.56 Å². The molecule has 14 heteroatoms. The molecule has 0 radical (unpaired) electrons. The number of nitrogens with one attached hydrogen (secondary N) is 3. The summed E-state index contributed by atoms with van der Waals surface area (Å²) in [6.07, 6.45) is -0.301. The minimum Gasteiger partial charge on any atom is -0.455 e.